The fourth-order valence-electron chi connectivity index (χ4n) is 1.51. The van der Waals surface area contributed by atoms with Gasteiger partial charge < -0.3 is 0 Å². The Kier molecular flexibility index (Phi) is 2.32. The Morgan fingerprint density at radius 1 is 1.31 bits per heavy atom. The van der Waals surface area contributed by atoms with Crippen LogP contribution in [0.1, 0.15) is 5.69 Å². The lowest BCUT2D eigenvalue weighted by atomic mass is 10.3. The predicted molar refractivity (Wildman–Crippen MR) is 57.8 cm³/mol. The van der Waals surface area contributed by atoms with Gasteiger partial charge in [0.05, 0.1) is 10.6 Å². The van der Waals surface area contributed by atoms with Crippen LogP contribution in [0.2, 0.25) is 0 Å². The summed E-state index contributed by atoms with van der Waals surface area (Å²) in [6, 6.07) is 8.70. The molecule has 0 amide bonds. The summed E-state index contributed by atoms with van der Waals surface area (Å²) in [6.07, 6.45) is 0. The van der Waals surface area contributed by atoms with Gasteiger partial charge in [-0.1, -0.05) is 18.2 Å². The van der Waals surface area contributed by atoms with Crippen LogP contribution < -0.4 is 5.56 Å². The molecule has 16 heavy (non-hydrogen) atoms. The van der Waals surface area contributed by atoms with E-state index in [4.69, 9.17) is 0 Å². The Morgan fingerprint density at radius 2 is 1.94 bits per heavy atom. The first-order chi connectivity index (χ1) is 7.61. The standard InChI is InChI=1S/C10H9N3O3/c1-7-9(13(15)16)10(14)12(11-7)8-5-3-2-4-6-8/h2-6,11H,1H3. The summed E-state index contributed by atoms with van der Waals surface area (Å²) in [5, 5.41) is 13.3. The van der Waals surface area contributed by atoms with Crippen LogP contribution >= 0.6 is 0 Å². The van der Waals surface area contributed by atoms with Crippen molar-refractivity contribution in [1.82, 2.24) is 9.78 Å². The van der Waals surface area contributed by atoms with E-state index in [1.54, 1.807) is 30.3 Å². The lowest BCUT2D eigenvalue weighted by Gasteiger charge is -1.98. The van der Waals surface area contributed by atoms with E-state index < -0.39 is 16.2 Å². The summed E-state index contributed by atoms with van der Waals surface area (Å²) in [5.74, 6) is 0. The zero-order chi connectivity index (χ0) is 11.7. The molecule has 0 spiro atoms. The molecule has 0 radical (unpaired) electrons. The van der Waals surface area contributed by atoms with Crippen LogP contribution in [0.15, 0.2) is 35.1 Å². The number of aryl methyl sites for hydroxylation is 1. The van der Waals surface area contributed by atoms with Crippen LogP contribution in [0.5, 0.6) is 0 Å². The summed E-state index contributed by atoms with van der Waals surface area (Å²) in [4.78, 5) is 21.7. The molecule has 82 valence electrons. The number of aromatic amines is 1. The highest BCUT2D eigenvalue weighted by molar-refractivity contribution is 5.38. The van der Waals surface area contributed by atoms with Gasteiger partial charge in [0.15, 0.2) is 0 Å². The predicted octanol–water partition coefficient (Wildman–Crippen LogP) is 1.38. The van der Waals surface area contributed by atoms with Crippen LogP contribution in [0.3, 0.4) is 0 Å². The summed E-state index contributed by atoms with van der Waals surface area (Å²) in [5.41, 5.74) is -0.236. The highest BCUT2D eigenvalue weighted by Crippen LogP contribution is 2.12. The lowest BCUT2D eigenvalue weighted by Crippen LogP contribution is -2.16. The van der Waals surface area contributed by atoms with Crippen molar-refractivity contribution in [3.05, 3.63) is 56.5 Å². The molecule has 0 aliphatic rings. The SMILES string of the molecule is Cc1[nH]n(-c2ccccc2)c(=O)c1[N+](=O)[O-]. The van der Waals surface area contributed by atoms with Crippen molar-refractivity contribution in [3.63, 3.8) is 0 Å². The molecule has 0 aliphatic carbocycles. The van der Waals surface area contributed by atoms with Crippen molar-refractivity contribution < 1.29 is 4.92 Å². The molecular formula is C10H9N3O3. The molecule has 6 heteroatoms. The Morgan fingerprint density at radius 3 is 2.44 bits per heavy atom. The number of aromatic nitrogens is 2. The molecule has 1 aromatic heterocycles. The number of benzene rings is 1. The molecule has 6 nitrogen and oxygen atoms in total. The van der Waals surface area contributed by atoms with Gasteiger partial charge in [0.2, 0.25) is 0 Å². The molecular weight excluding hydrogens is 210 g/mol. The second-order valence-electron chi connectivity index (χ2n) is 3.32. The van der Waals surface area contributed by atoms with Crippen LogP contribution in [0.25, 0.3) is 5.69 Å². The van der Waals surface area contributed by atoms with Crippen LogP contribution in [-0.4, -0.2) is 14.7 Å². The van der Waals surface area contributed by atoms with E-state index in [9.17, 15) is 14.9 Å². The highest BCUT2D eigenvalue weighted by Gasteiger charge is 2.22. The smallest absolute Gasteiger partial charge is 0.288 e. The first kappa shape index (κ1) is 10.2. The van der Waals surface area contributed by atoms with E-state index >= 15 is 0 Å². The van der Waals surface area contributed by atoms with Crippen molar-refractivity contribution in [2.24, 2.45) is 0 Å². The van der Waals surface area contributed by atoms with Gasteiger partial charge in [-0.3, -0.25) is 20.0 Å². The van der Waals surface area contributed by atoms with E-state index in [2.05, 4.69) is 5.10 Å². The second-order valence-corrected chi connectivity index (χ2v) is 3.32. The zero-order valence-electron chi connectivity index (χ0n) is 8.51. The van der Waals surface area contributed by atoms with E-state index in [1.807, 2.05) is 0 Å². The second kappa shape index (κ2) is 3.65. The number of nitrogens with zero attached hydrogens (tertiary/aromatic N) is 2. The van der Waals surface area contributed by atoms with Gasteiger partial charge in [0, 0.05) is 0 Å². The normalized spacial score (nSPS) is 10.3. The maximum absolute atomic E-state index is 11.7. The van der Waals surface area contributed by atoms with Gasteiger partial charge in [0.1, 0.15) is 5.69 Å². The van der Waals surface area contributed by atoms with E-state index in [0.717, 1.165) is 4.68 Å². The number of rotatable bonds is 2. The average Bonchev–Trinajstić information content (AvgIpc) is 2.55. The molecule has 0 atom stereocenters. The van der Waals surface area contributed by atoms with Crippen molar-refractivity contribution in [2.45, 2.75) is 6.92 Å². The Balaban J connectivity index is 2.66. The summed E-state index contributed by atoms with van der Waals surface area (Å²) < 4.78 is 1.16. The average molecular weight is 219 g/mol. The van der Waals surface area contributed by atoms with E-state index in [0.29, 0.717) is 5.69 Å². The number of hydrogen-bond acceptors (Lipinski definition) is 3. The van der Waals surface area contributed by atoms with Gasteiger partial charge in [-0.2, -0.15) is 0 Å². The largest absolute Gasteiger partial charge is 0.356 e. The number of H-pyrrole nitrogens is 1. The molecule has 0 fully saturated rings. The number of nitrogens with one attached hydrogen (secondary N) is 1. The summed E-state index contributed by atoms with van der Waals surface area (Å²) in [6.45, 7) is 1.50. The molecule has 1 aromatic carbocycles. The third-order valence-electron chi connectivity index (χ3n) is 2.24. The molecule has 0 bridgehead atoms. The zero-order valence-corrected chi connectivity index (χ0v) is 8.51. The van der Waals surface area contributed by atoms with E-state index in [-0.39, 0.29) is 5.69 Å². The molecule has 0 saturated carbocycles. The Hall–Kier alpha value is -2.37. The molecule has 2 aromatic rings. The third-order valence-corrected chi connectivity index (χ3v) is 2.24. The summed E-state index contributed by atoms with van der Waals surface area (Å²) >= 11 is 0. The Bertz CT molecular complexity index is 583. The van der Waals surface area contributed by atoms with Gasteiger partial charge in [-0.15, -0.1) is 0 Å². The molecule has 1 heterocycles. The molecule has 1 N–H and O–H groups in total. The maximum atomic E-state index is 11.7. The van der Waals surface area contributed by atoms with Gasteiger partial charge in [-0.05, 0) is 19.1 Å². The fraction of sp³-hybridized carbons (Fsp3) is 0.100. The van der Waals surface area contributed by atoms with Crippen LogP contribution in [-0.2, 0) is 0 Å². The van der Waals surface area contributed by atoms with Gasteiger partial charge in [-0.25, -0.2) is 4.68 Å². The van der Waals surface area contributed by atoms with Crippen LogP contribution in [0, 0.1) is 17.0 Å². The van der Waals surface area contributed by atoms with Crippen molar-refractivity contribution >= 4 is 5.69 Å². The maximum Gasteiger partial charge on any atom is 0.356 e. The van der Waals surface area contributed by atoms with Gasteiger partial charge in [0.25, 0.3) is 0 Å². The van der Waals surface area contributed by atoms with Gasteiger partial charge >= 0.3 is 11.2 Å². The topological polar surface area (TPSA) is 80.9 Å². The van der Waals surface area contributed by atoms with Crippen molar-refractivity contribution in [2.75, 3.05) is 0 Å². The number of para-hydroxylation sites is 1. The molecule has 2 rings (SSSR count). The lowest BCUT2D eigenvalue weighted by molar-refractivity contribution is -0.386. The van der Waals surface area contributed by atoms with E-state index in [1.165, 1.54) is 6.92 Å². The fourth-order valence-corrected chi connectivity index (χ4v) is 1.51. The highest BCUT2D eigenvalue weighted by atomic mass is 16.6. The Labute approximate surface area is 90.3 Å². The van der Waals surface area contributed by atoms with Crippen molar-refractivity contribution in [3.8, 4) is 5.69 Å². The quantitative estimate of drug-likeness (QED) is 0.612. The number of nitro groups is 1. The minimum atomic E-state index is -0.673. The molecule has 0 saturated heterocycles. The first-order valence-corrected chi connectivity index (χ1v) is 4.62. The van der Waals surface area contributed by atoms with Crippen molar-refractivity contribution in [1.29, 1.82) is 0 Å². The van der Waals surface area contributed by atoms with Crippen LogP contribution in [0.4, 0.5) is 5.69 Å². The molecule has 0 unspecified atom stereocenters. The third kappa shape index (κ3) is 1.50. The minimum absolute atomic E-state index is 0.249. The monoisotopic (exact) mass is 219 g/mol. The number of hydrogen-bond donors (Lipinski definition) is 1. The first-order valence-electron chi connectivity index (χ1n) is 4.62. The summed E-state index contributed by atoms with van der Waals surface area (Å²) in [7, 11) is 0. The minimum Gasteiger partial charge on any atom is -0.288 e. The molecule has 0 aliphatic heterocycles.